The second-order valence-electron chi connectivity index (χ2n) is 8.21. The van der Waals surface area contributed by atoms with Gasteiger partial charge in [0.15, 0.2) is 0 Å². The van der Waals surface area contributed by atoms with Gasteiger partial charge >= 0.3 is 5.69 Å². The van der Waals surface area contributed by atoms with Gasteiger partial charge in [0.25, 0.3) is 0 Å². The summed E-state index contributed by atoms with van der Waals surface area (Å²) < 4.78 is 7.56. The van der Waals surface area contributed by atoms with Crippen molar-refractivity contribution >= 4 is 23.4 Å². The average molecular weight is 428 g/mol. The fourth-order valence-electron chi connectivity index (χ4n) is 4.20. The summed E-state index contributed by atoms with van der Waals surface area (Å²) in [6, 6.07) is 5.89. The molecule has 1 unspecified atom stereocenters. The summed E-state index contributed by atoms with van der Waals surface area (Å²) in [5.41, 5.74) is 5.15. The molecular formula is C23H29N3O3S. The number of hydrogen-bond donors (Lipinski definition) is 1. The Morgan fingerprint density at radius 1 is 1.23 bits per heavy atom. The highest BCUT2D eigenvalue weighted by Crippen LogP contribution is 2.29. The molecule has 1 aliphatic heterocycles. The molecule has 1 saturated heterocycles. The monoisotopic (exact) mass is 427 g/mol. The Kier molecular flexibility index (Phi) is 6.58. The molecule has 0 bridgehead atoms. The van der Waals surface area contributed by atoms with Crippen LogP contribution in [0.5, 0.6) is 0 Å². The molecule has 0 spiro atoms. The van der Waals surface area contributed by atoms with Gasteiger partial charge in [0.2, 0.25) is 5.91 Å². The second-order valence-corrected chi connectivity index (χ2v) is 9.18. The molecule has 30 heavy (non-hydrogen) atoms. The summed E-state index contributed by atoms with van der Waals surface area (Å²) in [5.74, 6) is 0.153. The van der Waals surface area contributed by atoms with Crippen LogP contribution in [0.2, 0.25) is 0 Å². The Bertz CT molecular complexity index is 996. The molecule has 1 aromatic carbocycles. The summed E-state index contributed by atoms with van der Waals surface area (Å²) in [6.45, 7) is 5.44. The molecule has 1 fully saturated rings. The lowest BCUT2D eigenvalue weighted by Gasteiger charge is -2.24. The van der Waals surface area contributed by atoms with Gasteiger partial charge in [-0.25, -0.2) is 4.79 Å². The van der Waals surface area contributed by atoms with E-state index in [0.717, 1.165) is 67.6 Å². The summed E-state index contributed by atoms with van der Waals surface area (Å²) in [6.07, 6.45) is 6.14. The van der Waals surface area contributed by atoms with Crippen molar-refractivity contribution in [1.29, 1.82) is 0 Å². The number of fused-ring (bicyclic) bond motifs is 1. The lowest BCUT2D eigenvalue weighted by molar-refractivity contribution is -0.113. The first-order chi connectivity index (χ1) is 14.5. The zero-order valence-corrected chi connectivity index (χ0v) is 18.5. The molecule has 2 aliphatic rings. The van der Waals surface area contributed by atoms with E-state index in [4.69, 9.17) is 4.74 Å². The van der Waals surface area contributed by atoms with Gasteiger partial charge in [0, 0.05) is 23.6 Å². The predicted molar refractivity (Wildman–Crippen MR) is 119 cm³/mol. The molecule has 1 aromatic heterocycles. The van der Waals surface area contributed by atoms with E-state index in [0.29, 0.717) is 11.6 Å². The SMILES string of the molecule is Cc1ccc(NC(=O)CSc2nc(=O)n(CC3CCCO3)c3c2CCCC3)cc1C. The zero-order valence-electron chi connectivity index (χ0n) is 17.7. The minimum atomic E-state index is -0.219. The van der Waals surface area contributed by atoms with E-state index in [9.17, 15) is 9.59 Å². The number of nitrogens with one attached hydrogen (secondary N) is 1. The van der Waals surface area contributed by atoms with Crippen molar-refractivity contribution in [3.63, 3.8) is 0 Å². The van der Waals surface area contributed by atoms with E-state index in [1.54, 1.807) is 0 Å². The molecule has 4 rings (SSSR count). The van der Waals surface area contributed by atoms with Gasteiger partial charge in [-0.1, -0.05) is 17.8 Å². The Balaban J connectivity index is 1.48. The number of carbonyl (C=O) groups excluding carboxylic acids is 1. The molecule has 2 heterocycles. The van der Waals surface area contributed by atoms with Gasteiger partial charge in [-0.3, -0.25) is 9.36 Å². The van der Waals surface area contributed by atoms with E-state index < -0.39 is 0 Å². The molecule has 160 valence electrons. The number of hydrogen-bond acceptors (Lipinski definition) is 5. The Morgan fingerprint density at radius 3 is 2.83 bits per heavy atom. The molecular weight excluding hydrogens is 398 g/mol. The quantitative estimate of drug-likeness (QED) is 0.563. The van der Waals surface area contributed by atoms with Crippen molar-refractivity contribution in [2.24, 2.45) is 0 Å². The number of rotatable bonds is 6. The van der Waals surface area contributed by atoms with E-state index in [1.807, 2.05) is 36.6 Å². The number of amides is 1. The molecule has 2 aromatic rings. The molecule has 1 N–H and O–H groups in total. The van der Waals surface area contributed by atoms with Gasteiger partial charge in [-0.05, 0) is 75.6 Å². The van der Waals surface area contributed by atoms with Crippen molar-refractivity contribution in [3.05, 3.63) is 51.1 Å². The molecule has 7 heteroatoms. The molecule has 1 aliphatic carbocycles. The fraction of sp³-hybridized carbons (Fsp3) is 0.522. The third kappa shape index (κ3) is 4.78. The summed E-state index contributed by atoms with van der Waals surface area (Å²) in [5, 5.41) is 3.66. The summed E-state index contributed by atoms with van der Waals surface area (Å²) in [4.78, 5) is 29.6. The third-order valence-electron chi connectivity index (χ3n) is 5.99. The first kappa shape index (κ1) is 21.1. The highest BCUT2D eigenvalue weighted by molar-refractivity contribution is 8.00. The first-order valence-electron chi connectivity index (χ1n) is 10.8. The minimum absolute atomic E-state index is 0.0850. The van der Waals surface area contributed by atoms with E-state index >= 15 is 0 Å². The van der Waals surface area contributed by atoms with E-state index in [2.05, 4.69) is 10.3 Å². The normalized spacial score (nSPS) is 18.3. The summed E-state index contributed by atoms with van der Waals surface area (Å²) >= 11 is 1.37. The predicted octanol–water partition coefficient (Wildman–Crippen LogP) is 3.65. The number of anilines is 1. The third-order valence-corrected chi connectivity index (χ3v) is 7.01. The Labute approximate surface area is 181 Å². The fourth-order valence-corrected chi connectivity index (χ4v) is 5.07. The summed E-state index contributed by atoms with van der Waals surface area (Å²) in [7, 11) is 0. The number of nitrogens with zero attached hydrogens (tertiary/aromatic N) is 2. The largest absolute Gasteiger partial charge is 0.376 e. The van der Waals surface area contributed by atoms with Crippen molar-refractivity contribution in [3.8, 4) is 0 Å². The minimum Gasteiger partial charge on any atom is -0.376 e. The first-order valence-corrected chi connectivity index (χ1v) is 11.7. The number of aryl methyl sites for hydroxylation is 2. The van der Waals surface area contributed by atoms with Crippen LogP contribution in [0.25, 0.3) is 0 Å². The molecule has 0 saturated carbocycles. The van der Waals surface area contributed by atoms with Crippen LogP contribution in [0.4, 0.5) is 5.69 Å². The standard InChI is InChI=1S/C23H29N3O3S/c1-15-9-10-17(12-16(15)2)24-21(27)14-30-22-19-7-3-4-8-20(19)26(23(28)25-22)13-18-6-5-11-29-18/h9-10,12,18H,3-8,11,13-14H2,1-2H3,(H,24,27). The van der Waals surface area contributed by atoms with Gasteiger partial charge in [0.05, 0.1) is 18.4 Å². The number of aromatic nitrogens is 2. The van der Waals surface area contributed by atoms with Crippen molar-refractivity contribution in [2.75, 3.05) is 17.7 Å². The van der Waals surface area contributed by atoms with Crippen LogP contribution in [-0.4, -0.2) is 33.9 Å². The van der Waals surface area contributed by atoms with Crippen LogP contribution < -0.4 is 11.0 Å². The molecule has 1 atom stereocenters. The number of carbonyl (C=O) groups is 1. The smallest absolute Gasteiger partial charge is 0.348 e. The number of ether oxygens (including phenoxy) is 1. The van der Waals surface area contributed by atoms with Crippen LogP contribution in [0.15, 0.2) is 28.0 Å². The lowest BCUT2D eigenvalue weighted by Crippen LogP contribution is -2.34. The molecule has 1 amide bonds. The van der Waals surface area contributed by atoms with E-state index in [-0.39, 0.29) is 23.5 Å². The van der Waals surface area contributed by atoms with Crippen LogP contribution in [0.1, 0.15) is 48.1 Å². The maximum atomic E-state index is 12.8. The van der Waals surface area contributed by atoms with Crippen LogP contribution >= 0.6 is 11.8 Å². The Morgan fingerprint density at radius 2 is 2.07 bits per heavy atom. The van der Waals surface area contributed by atoms with Gasteiger partial charge in [-0.2, -0.15) is 4.98 Å². The molecule has 6 nitrogen and oxygen atoms in total. The maximum absolute atomic E-state index is 12.8. The Hall–Kier alpha value is -2.12. The van der Waals surface area contributed by atoms with Crippen LogP contribution in [-0.2, 0) is 28.9 Å². The van der Waals surface area contributed by atoms with Crippen molar-refractivity contribution in [2.45, 2.75) is 70.0 Å². The van der Waals surface area contributed by atoms with Gasteiger partial charge < -0.3 is 10.1 Å². The topological polar surface area (TPSA) is 73.2 Å². The number of benzene rings is 1. The zero-order chi connectivity index (χ0) is 21.1. The number of thioether (sulfide) groups is 1. The lowest BCUT2D eigenvalue weighted by atomic mass is 9.97. The highest BCUT2D eigenvalue weighted by atomic mass is 32.2. The van der Waals surface area contributed by atoms with Gasteiger partial charge in [-0.15, -0.1) is 0 Å². The maximum Gasteiger partial charge on any atom is 0.348 e. The van der Waals surface area contributed by atoms with E-state index in [1.165, 1.54) is 17.3 Å². The van der Waals surface area contributed by atoms with Gasteiger partial charge in [0.1, 0.15) is 5.03 Å². The van der Waals surface area contributed by atoms with Crippen LogP contribution in [0, 0.1) is 13.8 Å². The highest BCUT2D eigenvalue weighted by Gasteiger charge is 2.24. The molecule has 0 radical (unpaired) electrons. The average Bonchev–Trinajstić information content (AvgIpc) is 3.25. The van der Waals surface area contributed by atoms with Crippen molar-refractivity contribution in [1.82, 2.24) is 9.55 Å². The van der Waals surface area contributed by atoms with Crippen molar-refractivity contribution < 1.29 is 9.53 Å². The van der Waals surface area contributed by atoms with Crippen LogP contribution in [0.3, 0.4) is 0 Å². The second kappa shape index (κ2) is 9.35.